The third-order valence-electron chi connectivity index (χ3n) is 4.89. The highest BCUT2D eigenvalue weighted by Gasteiger charge is 2.23. The Bertz CT molecular complexity index is 1270. The quantitative estimate of drug-likeness (QED) is 0.295. The van der Waals surface area contributed by atoms with Gasteiger partial charge in [0, 0.05) is 29.4 Å². The Kier molecular flexibility index (Phi) is 6.65. The summed E-state index contributed by atoms with van der Waals surface area (Å²) in [5.74, 6) is -0.0126. The second kappa shape index (κ2) is 9.79. The van der Waals surface area contributed by atoms with Crippen molar-refractivity contribution >= 4 is 29.1 Å². The number of hydrogen-bond donors (Lipinski definition) is 1. The Balaban J connectivity index is 1.63. The summed E-state index contributed by atoms with van der Waals surface area (Å²) in [6, 6.07) is 22.4. The minimum Gasteiger partial charge on any atom is -0.326 e. The molecule has 1 amide bonds. The Morgan fingerprint density at radius 2 is 1.61 bits per heavy atom. The average molecular weight is 461 g/mol. The van der Waals surface area contributed by atoms with E-state index in [-0.39, 0.29) is 17.5 Å². The van der Waals surface area contributed by atoms with E-state index in [1.165, 1.54) is 30.8 Å². The van der Waals surface area contributed by atoms with E-state index in [0.717, 1.165) is 5.69 Å². The lowest BCUT2D eigenvalue weighted by Crippen LogP contribution is -2.15. The van der Waals surface area contributed by atoms with Crippen LogP contribution in [0.2, 0.25) is 0 Å². The highest BCUT2D eigenvalue weighted by atomic mass is 32.2. The predicted molar refractivity (Wildman–Crippen MR) is 127 cm³/mol. The number of ketones is 1. The van der Waals surface area contributed by atoms with Crippen LogP contribution in [0.15, 0.2) is 84.0 Å². The van der Waals surface area contributed by atoms with E-state index in [9.17, 15) is 14.0 Å². The number of amides is 1. The zero-order valence-corrected chi connectivity index (χ0v) is 18.8. The smallest absolute Gasteiger partial charge is 0.221 e. The minimum absolute atomic E-state index is 0.0691. The van der Waals surface area contributed by atoms with E-state index in [1.54, 1.807) is 36.4 Å². The molecule has 6 nitrogen and oxygen atoms in total. The minimum atomic E-state index is -0.440. The highest BCUT2D eigenvalue weighted by Crippen LogP contribution is 2.31. The van der Waals surface area contributed by atoms with Crippen molar-refractivity contribution in [2.75, 3.05) is 5.32 Å². The molecular formula is C25H21FN4O2S. The van der Waals surface area contributed by atoms with Gasteiger partial charge in [-0.1, -0.05) is 30.0 Å². The zero-order chi connectivity index (χ0) is 23.4. The number of carbonyl (C=O) groups excluding carboxylic acids is 2. The van der Waals surface area contributed by atoms with Crippen LogP contribution in [0.4, 0.5) is 10.1 Å². The third-order valence-corrected chi connectivity index (χ3v) is 5.93. The van der Waals surface area contributed by atoms with Gasteiger partial charge in [-0.05, 0) is 67.6 Å². The van der Waals surface area contributed by atoms with Crippen molar-refractivity contribution in [2.24, 2.45) is 0 Å². The predicted octanol–water partition coefficient (Wildman–Crippen LogP) is 5.40. The summed E-state index contributed by atoms with van der Waals surface area (Å²) in [6.45, 7) is 3.25. The van der Waals surface area contributed by atoms with Crippen molar-refractivity contribution in [3.8, 4) is 17.1 Å². The van der Waals surface area contributed by atoms with E-state index < -0.39 is 5.25 Å². The summed E-state index contributed by atoms with van der Waals surface area (Å²) in [5.41, 5.74) is 2.72. The van der Waals surface area contributed by atoms with Crippen LogP contribution in [0, 0.1) is 5.82 Å². The van der Waals surface area contributed by atoms with Crippen LogP contribution in [-0.2, 0) is 4.79 Å². The summed E-state index contributed by atoms with van der Waals surface area (Å²) < 4.78 is 15.3. The molecule has 166 valence electrons. The molecular weight excluding hydrogens is 439 g/mol. The molecule has 0 fully saturated rings. The largest absolute Gasteiger partial charge is 0.326 e. The van der Waals surface area contributed by atoms with Gasteiger partial charge in [-0.15, -0.1) is 10.2 Å². The number of hydrogen-bond acceptors (Lipinski definition) is 5. The average Bonchev–Trinajstić information content (AvgIpc) is 3.23. The fourth-order valence-electron chi connectivity index (χ4n) is 3.31. The number of nitrogens with zero attached hydrogens (tertiary/aromatic N) is 3. The molecule has 8 heteroatoms. The van der Waals surface area contributed by atoms with Gasteiger partial charge in [0.05, 0.1) is 5.25 Å². The first-order valence-electron chi connectivity index (χ1n) is 10.3. The van der Waals surface area contributed by atoms with E-state index in [2.05, 4.69) is 15.5 Å². The van der Waals surface area contributed by atoms with Gasteiger partial charge in [0.2, 0.25) is 5.91 Å². The summed E-state index contributed by atoms with van der Waals surface area (Å²) in [4.78, 5) is 24.2. The molecule has 0 aliphatic rings. The van der Waals surface area contributed by atoms with Gasteiger partial charge in [0.1, 0.15) is 5.82 Å². The third kappa shape index (κ3) is 5.18. The van der Waals surface area contributed by atoms with Crippen LogP contribution in [0.5, 0.6) is 0 Å². The number of aromatic nitrogens is 3. The van der Waals surface area contributed by atoms with E-state index >= 15 is 0 Å². The van der Waals surface area contributed by atoms with Crippen LogP contribution >= 0.6 is 11.8 Å². The molecule has 1 unspecified atom stereocenters. The van der Waals surface area contributed by atoms with Crippen molar-refractivity contribution in [2.45, 2.75) is 24.3 Å². The van der Waals surface area contributed by atoms with Gasteiger partial charge in [-0.3, -0.25) is 14.2 Å². The van der Waals surface area contributed by atoms with Gasteiger partial charge in [-0.2, -0.15) is 0 Å². The van der Waals surface area contributed by atoms with E-state index in [0.29, 0.717) is 27.8 Å². The maximum Gasteiger partial charge on any atom is 0.221 e. The normalized spacial score (nSPS) is 11.7. The summed E-state index contributed by atoms with van der Waals surface area (Å²) in [7, 11) is 0. The Hall–Kier alpha value is -3.78. The first-order chi connectivity index (χ1) is 15.9. The summed E-state index contributed by atoms with van der Waals surface area (Å²) >= 11 is 1.30. The number of anilines is 1. The van der Waals surface area contributed by atoms with Gasteiger partial charge >= 0.3 is 0 Å². The number of halogens is 1. The molecule has 4 aromatic rings. The molecule has 0 aliphatic carbocycles. The molecule has 0 saturated carbocycles. The lowest BCUT2D eigenvalue weighted by Gasteiger charge is -2.13. The molecule has 1 atom stereocenters. The maximum atomic E-state index is 13.4. The Morgan fingerprint density at radius 1 is 0.939 bits per heavy atom. The van der Waals surface area contributed by atoms with Crippen molar-refractivity contribution in [1.29, 1.82) is 0 Å². The summed E-state index contributed by atoms with van der Waals surface area (Å²) in [5, 5.41) is 11.5. The van der Waals surface area contributed by atoms with Crippen LogP contribution in [0.25, 0.3) is 17.1 Å². The van der Waals surface area contributed by atoms with Gasteiger partial charge in [0.25, 0.3) is 0 Å². The van der Waals surface area contributed by atoms with Gasteiger partial charge in [0.15, 0.2) is 16.8 Å². The number of thioether (sulfide) groups is 1. The highest BCUT2D eigenvalue weighted by molar-refractivity contribution is 8.00. The zero-order valence-electron chi connectivity index (χ0n) is 18.0. The van der Waals surface area contributed by atoms with Crippen LogP contribution in [-0.4, -0.2) is 31.7 Å². The second-order valence-electron chi connectivity index (χ2n) is 7.37. The van der Waals surface area contributed by atoms with Gasteiger partial charge in [-0.25, -0.2) is 4.39 Å². The van der Waals surface area contributed by atoms with Crippen LogP contribution in [0.1, 0.15) is 24.2 Å². The second-order valence-corrected chi connectivity index (χ2v) is 8.67. The van der Waals surface area contributed by atoms with Crippen molar-refractivity contribution in [3.05, 3.63) is 90.2 Å². The molecule has 1 N–H and O–H groups in total. The fraction of sp³-hybridized carbons (Fsp3) is 0.120. The Morgan fingerprint density at radius 3 is 2.24 bits per heavy atom. The topological polar surface area (TPSA) is 76.9 Å². The van der Waals surface area contributed by atoms with Crippen molar-refractivity contribution in [3.63, 3.8) is 0 Å². The van der Waals surface area contributed by atoms with Crippen molar-refractivity contribution in [1.82, 2.24) is 14.8 Å². The monoisotopic (exact) mass is 460 g/mol. The molecule has 33 heavy (non-hydrogen) atoms. The van der Waals surface area contributed by atoms with Crippen LogP contribution < -0.4 is 5.32 Å². The molecule has 1 heterocycles. The molecule has 0 spiro atoms. The summed E-state index contributed by atoms with van der Waals surface area (Å²) in [6.07, 6.45) is 0. The molecule has 0 radical (unpaired) electrons. The first kappa shape index (κ1) is 22.4. The molecule has 0 saturated heterocycles. The van der Waals surface area contributed by atoms with E-state index in [4.69, 9.17) is 0 Å². The van der Waals surface area contributed by atoms with Crippen LogP contribution in [0.3, 0.4) is 0 Å². The number of carbonyl (C=O) groups is 2. The fourth-order valence-corrected chi connectivity index (χ4v) is 4.25. The van der Waals surface area contributed by atoms with E-state index in [1.807, 2.05) is 41.8 Å². The lowest BCUT2D eigenvalue weighted by molar-refractivity contribution is -0.114. The number of para-hydroxylation sites is 1. The molecule has 0 aliphatic heterocycles. The first-order valence-corrected chi connectivity index (χ1v) is 11.2. The Labute approximate surface area is 194 Å². The number of Topliss-reactive ketones (excluding diaryl/α,β-unsaturated/α-hetero) is 1. The molecule has 1 aromatic heterocycles. The van der Waals surface area contributed by atoms with Crippen molar-refractivity contribution < 1.29 is 14.0 Å². The number of rotatable bonds is 7. The lowest BCUT2D eigenvalue weighted by atomic mass is 10.1. The molecule has 3 aromatic carbocycles. The SMILES string of the molecule is CC(=O)Nc1ccc(C(=O)C(C)Sc2nnc(-c3ccc(F)cc3)n2-c2ccccc2)cc1. The standard InChI is InChI=1S/C25H21FN4O2S/c1-16(23(32)18-10-14-21(15-11-18)27-17(2)31)33-25-29-28-24(19-8-12-20(26)13-9-19)30(25)22-6-4-3-5-7-22/h3-16H,1-2H3,(H,27,31). The molecule has 4 rings (SSSR count). The van der Waals surface area contributed by atoms with Gasteiger partial charge < -0.3 is 5.32 Å². The number of benzene rings is 3. The number of nitrogens with one attached hydrogen (secondary N) is 1. The maximum absolute atomic E-state index is 13.4. The molecule has 0 bridgehead atoms.